The lowest BCUT2D eigenvalue weighted by Crippen LogP contribution is -2.17. The summed E-state index contributed by atoms with van der Waals surface area (Å²) in [6, 6.07) is 9.20. The number of carbonyl (C=O) groups is 2. The highest BCUT2D eigenvalue weighted by Crippen LogP contribution is 2.48. The molecule has 0 unspecified atom stereocenters. The van der Waals surface area contributed by atoms with Crippen molar-refractivity contribution in [2.75, 3.05) is 19.9 Å². The molecular formula is C29H41O11P. The number of carbonyl (C=O) groups excluding carboxylic acids is 2. The second-order valence-electron chi connectivity index (χ2n) is 10.3. The van der Waals surface area contributed by atoms with E-state index < -0.39 is 52.0 Å². The molecule has 0 aliphatic carbocycles. The average Bonchev–Trinajstić information content (AvgIpc) is 2.85. The van der Waals surface area contributed by atoms with E-state index in [2.05, 4.69) is 0 Å². The first-order valence-corrected chi connectivity index (χ1v) is 15.0. The molecule has 0 spiro atoms. The van der Waals surface area contributed by atoms with Gasteiger partial charge in [0.25, 0.3) is 0 Å². The predicted octanol–water partition coefficient (Wildman–Crippen LogP) is 7.32. The van der Waals surface area contributed by atoms with Gasteiger partial charge in [-0.05, 0) is 99.9 Å². The Labute approximate surface area is 241 Å². The Kier molecular flexibility index (Phi) is 13.0. The van der Waals surface area contributed by atoms with Crippen LogP contribution in [0, 0.1) is 13.8 Å². The van der Waals surface area contributed by atoms with Crippen molar-refractivity contribution in [2.24, 2.45) is 0 Å². The maximum atomic E-state index is 13.3. The standard InChI is InChI=1S/C29H41O11P/c1-18(2)25-13-23(9-10-27(25)30)14-26-21(7)11-24(12-22(26)8)36-17-41(33,37-15-34-28(31)39-19(3)4)38-16-35-29(32)40-20(5)6/h9-13,18-20,30H,14-17H2,1-8H3. The fraction of sp³-hybridized carbons (Fsp3) is 0.517. The highest BCUT2D eigenvalue weighted by molar-refractivity contribution is 7.53. The molecule has 0 bridgehead atoms. The second-order valence-corrected chi connectivity index (χ2v) is 12.3. The molecule has 0 saturated heterocycles. The van der Waals surface area contributed by atoms with Crippen LogP contribution in [0.4, 0.5) is 9.59 Å². The van der Waals surface area contributed by atoms with E-state index in [1.165, 1.54) is 0 Å². The zero-order valence-electron chi connectivity index (χ0n) is 24.9. The SMILES string of the molecule is Cc1cc(OCP(=O)(OCOC(=O)OC(C)C)OCOC(=O)OC(C)C)cc(C)c1Cc1ccc(O)c(C(C)C)c1. The van der Waals surface area contributed by atoms with Crippen LogP contribution in [0.1, 0.15) is 75.3 Å². The Morgan fingerprint density at radius 1 is 0.829 bits per heavy atom. The Morgan fingerprint density at radius 2 is 1.34 bits per heavy atom. The summed E-state index contributed by atoms with van der Waals surface area (Å²) in [5.41, 5.74) is 4.91. The van der Waals surface area contributed by atoms with Crippen molar-refractivity contribution in [2.45, 2.75) is 79.9 Å². The number of benzene rings is 2. The molecule has 2 aromatic rings. The monoisotopic (exact) mass is 596 g/mol. The van der Waals surface area contributed by atoms with E-state index in [-0.39, 0.29) is 11.7 Å². The van der Waals surface area contributed by atoms with Gasteiger partial charge in [-0.15, -0.1) is 0 Å². The number of hydrogen-bond donors (Lipinski definition) is 1. The molecule has 228 valence electrons. The molecule has 0 fully saturated rings. The van der Waals surface area contributed by atoms with Gasteiger partial charge in [-0.25, -0.2) is 9.59 Å². The zero-order valence-corrected chi connectivity index (χ0v) is 25.8. The van der Waals surface area contributed by atoms with Gasteiger partial charge >= 0.3 is 19.9 Å². The largest absolute Gasteiger partial charge is 0.510 e. The van der Waals surface area contributed by atoms with Crippen LogP contribution >= 0.6 is 7.60 Å². The number of aryl methyl sites for hydroxylation is 2. The van der Waals surface area contributed by atoms with E-state index in [1.54, 1.807) is 45.9 Å². The van der Waals surface area contributed by atoms with Gasteiger partial charge < -0.3 is 28.8 Å². The number of phenols is 1. The summed E-state index contributed by atoms with van der Waals surface area (Å²) in [7, 11) is -4.09. The molecule has 11 nitrogen and oxygen atoms in total. The number of rotatable bonds is 14. The van der Waals surface area contributed by atoms with Gasteiger partial charge in [0.05, 0.1) is 12.2 Å². The van der Waals surface area contributed by atoms with Gasteiger partial charge in [-0.1, -0.05) is 26.0 Å². The summed E-state index contributed by atoms with van der Waals surface area (Å²) in [6.07, 6.45) is -2.78. The molecule has 0 aliphatic rings. The van der Waals surface area contributed by atoms with Crippen molar-refractivity contribution < 1.29 is 52.0 Å². The third kappa shape index (κ3) is 11.6. The Balaban J connectivity index is 2.12. The minimum Gasteiger partial charge on any atom is -0.508 e. The van der Waals surface area contributed by atoms with Crippen molar-refractivity contribution in [3.63, 3.8) is 0 Å². The smallest absolute Gasteiger partial charge is 0.508 e. The van der Waals surface area contributed by atoms with Crippen LogP contribution in [-0.2, 0) is 39.0 Å². The summed E-state index contributed by atoms with van der Waals surface area (Å²) in [5.74, 6) is 0.870. The second kappa shape index (κ2) is 15.7. The fourth-order valence-electron chi connectivity index (χ4n) is 3.72. The minimum absolute atomic E-state index is 0.186. The molecule has 0 aromatic heterocycles. The quantitative estimate of drug-likeness (QED) is 0.133. The van der Waals surface area contributed by atoms with E-state index in [4.69, 9.17) is 32.7 Å². The zero-order chi connectivity index (χ0) is 30.7. The molecule has 0 heterocycles. The van der Waals surface area contributed by atoms with Crippen LogP contribution in [0.5, 0.6) is 11.5 Å². The third-order valence-corrected chi connectivity index (χ3v) is 7.11. The van der Waals surface area contributed by atoms with Crippen molar-refractivity contribution in [1.29, 1.82) is 0 Å². The molecule has 0 amide bonds. The van der Waals surface area contributed by atoms with Gasteiger partial charge in [-0.2, -0.15) is 0 Å². The number of ether oxygens (including phenoxy) is 5. The summed E-state index contributed by atoms with van der Waals surface area (Å²) < 4.78 is 48.8. The van der Waals surface area contributed by atoms with E-state index in [1.807, 2.05) is 39.8 Å². The van der Waals surface area contributed by atoms with Crippen molar-refractivity contribution in [3.05, 3.63) is 58.1 Å². The van der Waals surface area contributed by atoms with Crippen LogP contribution in [0.15, 0.2) is 30.3 Å². The Bertz CT molecular complexity index is 1170. The lowest BCUT2D eigenvalue weighted by atomic mass is 9.93. The van der Waals surface area contributed by atoms with Gasteiger partial charge in [0, 0.05) is 0 Å². The number of phenolic OH excluding ortho intramolecular Hbond substituents is 1. The molecule has 0 atom stereocenters. The first-order chi connectivity index (χ1) is 19.2. The summed E-state index contributed by atoms with van der Waals surface area (Å²) in [6.45, 7) is 13.0. The van der Waals surface area contributed by atoms with Crippen LogP contribution in [0.25, 0.3) is 0 Å². The molecule has 0 aliphatic heterocycles. The van der Waals surface area contributed by atoms with Crippen molar-refractivity contribution in [3.8, 4) is 11.5 Å². The maximum absolute atomic E-state index is 13.3. The topological polar surface area (TPSA) is 136 Å². The fourth-order valence-corrected chi connectivity index (χ4v) is 4.68. The van der Waals surface area contributed by atoms with E-state index >= 15 is 0 Å². The molecule has 1 N–H and O–H groups in total. The lowest BCUT2D eigenvalue weighted by molar-refractivity contribution is -0.0321. The van der Waals surface area contributed by atoms with Crippen LogP contribution in [-0.4, -0.2) is 49.6 Å². The normalized spacial score (nSPS) is 11.6. The summed E-state index contributed by atoms with van der Waals surface area (Å²) in [4.78, 5) is 23.3. The van der Waals surface area contributed by atoms with Crippen molar-refractivity contribution >= 4 is 19.9 Å². The maximum Gasteiger partial charge on any atom is 0.510 e. The van der Waals surface area contributed by atoms with Gasteiger partial charge in [0.15, 0.2) is 6.35 Å². The average molecular weight is 597 g/mol. The van der Waals surface area contributed by atoms with E-state index in [0.717, 1.165) is 27.8 Å². The number of aromatic hydroxyl groups is 1. The number of hydrogen-bond acceptors (Lipinski definition) is 11. The van der Waals surface area contributed by atoms with Crippen LogP contribution < -0.4 is 4.74 Å². The molecule has 2 aromatic carbocycles. The molecule has 0 radical (unpaired) electrons. The van der Waals surface area contributed by atoms with Gasteiger partial charge in [0.1, 0.15) is 11.5 Å². The highest BCUT2D eigenvalue weighted by atomic mass is 31.2. The summed E-state index contributed by atoms with van der Waals surface area (Å²) >= 11 is 0. The van der Waals surface area contributed by atoms with Gasteiger partial charge in [-0.3, -0.25) is 13.6 Å². The Morgan fingerprint density at radius 3 is 1.80 bits per heavy atom. The molecule has 41 heavy (non-hydrogen) atoms. The first kappa shape index (κ1) is 33.9. The first-order valence-electron chi connectivity index (χ1n) is 13.3. The van der Waals surface area contributed by atoms with Crippen LogP contribution in [0.3, 0.4) is 0 Å². The molecule has 0 saturated carbocycles. The minimum atomic E-state index is -4.09. The van der Waals surface area contributed by atoms with Crippen LogP contribution in [0.2, 0.25) is 0 Å². The van der Waals surface area contributed by atoms with Crippen molar-refractivity contribution in [1.82, 2.24) is 0 Å². The Hall–Kier alpha value is -3.27. The van der Waals surface area contributed by atoms with E-state index in [9.17, 15) is 19.3 Å². The highest BCUT2D eigenvalue weighted by Gasteiger charge is 2.29. The summed E-state index contributed by atoms with van der Waals surface area (Å²) in [5, 5.41) is 10.2. The third-order valence-electron chi connectivity index (χ3n) is 5.67. The predicted molar refractivity (Wildman–Crippen MR) is 151 cm³/mol. The lowest BCUT2D eigenvalue weighted by Gasteiger charge is -2.20. The molecule has 2 rings (SSSR count). The molecule has 12 heteroatoms. The van der Waals surface area contributed by atoms with Gasteiger partial charge in [0.2, 0.25) is 13.6 Å². The molecular weight excluding hydrogens is 555 g/mol. The van der Waals surface area contributed by atoms with E-state index in [0.29, 0.717) is 12.2 Å².